The van der Waals surface area contributed by atoms with Crippen LogP contribution < -0.4 is 20.3 Å². The number of amides is 1. The van der Waals surface area contributed by atoms with Crippen molar-refractivity contribution in [2.75, 3.05) is 62.0 Å². The summed E-state index contributed by atoms with van der Waals surface area (Å²) < 4.78 is 18.8. The summed E-state index contributed by atoms with van der Waals surface area (Å²) in [6.45, 7) is 14.5. The van der Waals surface area contributed by atoms with Crippen molar-refractivity contribution in [1.29, 1.82) is 0 Å². The van der Waals surface area contributed by atoms with Gasteiger partial charge in [0.25, 0.3) is 0 Å². The van der Waals surface area contributed by atoms with Crippen LogP contribution >= 0.6 is 0 Å². The standard InChI is InChI=1S/C34H41N7O5/c1-6-29(42)35-25-8-7-9-27(22-25)46-31-28-14-15-41(23-45-32(43)34(2,3)4)30(28)37-33(38-31)36-24-10-12-26(13-11-24)40-18-16-39(17-19-40)20-21-44-5/h6-15,22H,1,16-21,23H2,2-5H3,(H,35,42)(H,36,37,38). The average molecular weight is 628 g/mol. The van der Waals surface area contributed by atoms with Gasteiger partial charge in [-0.1, -0.05) is 12.6 Å². The van der Waals surface area contributed by atoms with Gasteiger partial charge in [0.05, 0.1) is 17.4 Å². The van der Waals surface area contributed by atoms with Crippen LogP contribution in [0.1, 0.15) is 20.8 Å². The Morgan fingerprint density at radius 1 is 1.00 bits per heavy atom. The second-order valence-corrected chi connectivity index (χ2v) is 12.0. The average Bonchev–Trinajstić information content (AvgIpc) is 3.46. The first-order chi connectivity index (χ1) is 22.1. The van der Waals surface area contributed by atoms with Gasteiger partial charge in [0.2, 0.25) is 17.7 Å². The third kappa shape index (κ3) is 8.20. The predicted molar refractivity (Wildman–Crippen MR) is 179 cm³/mol. The molecule has 1 aliphatic rings. The van der Waals surface area contributed by atoms with E-state index in [9.17, 15) is 9.59 Å². The summed E-state index contributed by atoms with van der Waals surface area (Å²) in [7, 11) is 1.73. The molecule has 0 radical (unpaired) electrons. The molecule has 3 heterocycles. The van der Waals surface area contributed by atoms with E-state index in [1.807, 2.05) is 18.2 Å². The number of nitrogens with one attached hydrogen (secondary N) is 2. The summed E-state index contributed by atoms with van der Waals surface area (Å²) in [4.78, 5) is 38.6. The topological polar surface area (TPSA) is 123 Å². The lowest BCUT2D eigenvalue weighted by atomic mass is 9.98. The molecule has 12 heteroatoms. The molecule has 4 aromatic rings. The maximum atomic E-state index is 12.5. The minimum atomic E-state index is -0.644. The molecule has 0 spiro atoms. The van der Waals surface area contributed by atoms with E-state index in [0.717, 1.165) is 50.7 Å². The molecule has 2 aromatic heterocycles. The number of carbonyl (C=O) groups is 2. The van der Waals surface area contributed by atoms with Gasteiger partial charge in [0.1, 0.15) is 5.75 Å². The Balaban J connectivity index is 1.38. The third-order valence-corrected chi connectivity index (χ3v) is 7.50. The fourth-order valence-corrected chi connectivity index (χ4v) is 4.90. The van der Waals surface area contributed by atoms with Gasteiger partial charge in [-0.05, 0) is 69.3 Å². The number of esters is 1. The van der Waals surface area contributed by atoms with Crippen LogP contribution in [0.2, 0.25) is 0 Å². The fourth-order valence-electron chi connectivity index (χ4n) is 4.90. The number of anilines is 4. The number of benzene rings is 2. The smallest absolute Gasteiger partial charge is 0.312 e. The van der Waals surface area contributed by atoms with Gasteiger partial charge in [-0.15, -0.1) is 0 Å². The van der Waals surface area contributed by atoms with Gasteiger partial charge in [-0.25, -0.2) is 0 Å². The zero-order chi connectivity index (χ0) is 32.7. The summed E-state index contributed by atoms with van der Waals surface area (Å²) in [5.41, 5.74) is 2.38. The van der Waals surface area contributed by atoms with Gasteiger partial charge in [0.15, 0.2) is 12.4 Å². The summed E-state index contributed by atoms with van der Waals surface area (Å²) in [5.74, 6) is 0.411. The van der Waals surface area contributed by atoms with Gasteiger partial charge in [-0.2, -0.15) is 9.97 Å². The molecule has 2 aromatic carbocycles. The number of rotatable bonds is 12. The lowest BCUT2D eigenvalue weighted by Gasteiger charge is -2.36. The van der Waals surface area contributed by atoms with Crippen molar-refractivity contribution in [3.63, 3.8) is 0 Å². The molecular weight excluding hydrogens is 586 g/mol. The fraction of sp³-hybridized carbons (Fsp3) is 0.353. The highest BCUT2D eigenvalue weighted by Crippen LogP contribution is 2.32. The second-order valence-electron chi connectivity index (χ2n) is 12.0. The molecule has 5 rings (SSSR count). The maximum Gasteiger partial charge on any atom is 0.312 e. The van der Waals surface area contributed by atoms with Crippen LogP contribution in [0.5, 0.6) is 11.6 Å². The Morgan fingerprint density at radius 2 is 1.76 bits per heavy atom. The Bertz CT molecular complexity index is 1670. The second kappa shape index (κ2) is 14.4. The molecule has 1 amide bonds. The SMILES string of the molecule is C=CC(=O)Nc1cccc(Oc2nc(Nc3ccc(N4CCN(CCOC)CC4)cc3)nc3c2ccn3COC(=O)C(C)(C)C)c1. The van der Waals surface area contributed by atoms with Crippen molar-refractivity contribution in [3.05, 3.63) is 73.4 Å². The van der Waals surface area contributed by atoms with E-state index >= 15 is 0 Å². The molecular formula is C34H41N7O5. The molecule has 1 fully saturated rings. The maximum absolute atomic E-state index is 12.5. The van der Waals surface area contributed by atoms with Crippen molar-refractivity contribution < 1.29 is 23.8 Å². The monoisotopic (exact) mass is 627 g/mol. The van der Waals surface area contributed by atoms with E-state index in [0.29, 0.717) is 34.3 Å². The lowest BCUT2D eigenvalue weighted by Crippen LogP contribution is -2.47. The molecule has 0 atom stereocenters. The van der Waals surface area contributed by atoms with Crippen LogP contribution in [0.3, 0.4) is 0 Å². The number of hydrogen-bond donors (Lipinski definition) is 2. The summed E-state index contributed by atoms with van der Waals surface area (Å²) in [5, 5.41) is 6.66. The Kier molecular flexibility index (Phi) is 10.2. The number of methoxy groups -OCH3 is 1. The van der Waals surface area contributed by atoms with E-state index in [4.69, 9.17) is 24.2 Å². The molecule has 2 N–H and O–H groups in total. The molecule has 0 saturated carbocycles. The normalized spacial score (nSPS) is 13.8. The first-order valence-electron chi connectivity index (χ1n) is 15.2. The van der Waals surface area contributed by atoms with Gasteiger partial charge in [0, 0.05) is 69.2 Å². The molecule has 0 aliphatic carbocycles. The van der Waals surface area contributed by atoms with E-state index in [-0.39, 0.29) is 18.6 Å². The molecule has 1 saturated heterocycles. The van der Waals surface area contributed by atoms with E-state index in [1.165, 1.54) is 6.08 Å². The number of aromatic nitrogens is 3. The van der Waals surface area contributed by atoms with Gasteiger partial charge >= 0.3 is 5.97 Å². The lowest BCUT2D eigenvalue weighted by molar-refractivity contribution is -0.156. The molecule has 242 valence electrons. The number of ether oxygens (including phenoxy) is 3. The molecule has 12 nitrogen and oxygen atoms in total. The van der Waals surface area contributed by atoms with Crippen LogP contribution in [0, 0.1) is 5.41 Å². The quantitative estimate of drug-likeness (QED) is 0.156. The van der Waals surface area contributed by atoms with Gasteiger partial charge in [-0.3, -0.25) is 19.1 Å². The zero-order valence-electron chi connectivity index (χ0n) is 26.8. The zero-order valence-corrected chi connectivity index (χ0v) is 26.8. The minimum absolute atomic E-state index is 0.0218. The molecule has 0 bridgehead atoms. The number of piperazine rings is 1. The largest absolute Gasteiger partial charge is 0.443 e. The van der Waals surface area contributed by atoms with Crippen molar-refractivity contribution >= 4 is 45.9 Å². The number of fused-ring (bicyclic) bond motifs is 1. The molecule has 1 aliphatic heterocycles. The van der Waals surface area contributed by atoms with Crippen LogP contribution in [-0.2, 0) is 25.8 Å². The number of nitrogens with zero attached hydrogens (tertiary/aromatic N) is 5. The summed E-state index contributed by atoms with van der Waals surface area (Å²) in [6.07, 6.45) is 2.97. The highest BCUT2D eigenvalue weighted by molar-refractivity contribution is 5.99. The van der Waals surface area contributed by atoms with Crippen molar-refractivity contribution in [2.45, 2.75) is 27.5 Å². The van der Waals surface area contributed by atoms with Crippen LogP contribution in [0.4, 0.5) is 23.0 Å². The first kappa shape index (κ1) is 32.5. The first-order valence-corrected chi connectivity index (χ1v) is 15.2. The highest BCUT2D eigenvalue weighted by Gasteiger charge is 2.24. The van der Waals surface area contributed by atoms with Crippen molar-refractivity contribution in [2.24, 2.45) is 5.41 Å². The van der Waals surface area contributed by atoms with Crippen molar-refractivity contribution in [3.8, 4) is 11.6 Å². The van der Waals surface area contributed by atoms with Crippen LogP contribution in [0.25, 0.3) is 11.0 Å². The minimum Gasteiger partial charge on any atom is -0.443 e. The molecule has 46 heavy (non-hydrogen) atoms. The Labute approximate surface area is 269 Å². The summed E-state index contributed by atoms with van der Waals surface area (Å²) in [6, 6.07) is 17.0. The number of carbonyl (C=O) groups excluding carboxylic acids is 2. The Hall–Kier alpha value is -4.94. The third-order valence-electron chi connectivity index (χ3n) is 7.50. The highest BCUT2D eigenvalue weighted by atomic mass is 16.5. The van der Waals surface area contributed by atoms with Crippen LogP contribution in [0.15, 0.2) is 73.4 Å². The van der Waals surface area contributed by atoms with Crippen molar-refractivity contribution in [1.82, 2.24) is 19.4 Å². The molecule has 0 unspecified atom stereocenters. The van der Waals surface area contributed by atoms with E-state index in [2.05, 4.69) is 39.1 Å². The van der Waals surface area contributed by atoms with E-state index < -0.39 is 5.41 Å². The number of hydrogen-bond acceptors (Lipinski definition) is 10. The Morgan fingerprint density at radius 3 is 2.46 bits per heavy atom. The van der Waals surface area contributed by atoms with Crippen LogP contribution in [-0.4, -0.2) is 77.8 Å². The van der Waals surface area contributed by atoms with E-state index in [1.54, 1.807) is 62.9 Å². The predicted octanol–water partition coefficient (Wildman–Crippen LogP) is 5.41. The summed E-state index contributed by atoms with van der Waals surface area (Å²) >= 11 is 0. The van der Waals surface area contributed by atoms with Gasteiger partial charge < -0.3 is 29.7 Å².